The summed E-state index contributed by atoms with van der Waals surface area (Å²) in [6.07, 6.45) is -8.67. The van der Waals surface area contributed by atoms with Crippen LogP contribution in [0.4, 0.5) is 17.6 Å². The van der Waals surface area contributed by atoms with Gasteiger partial charge in [0.25, 0.3) is 0 Å². The Bertz CT molecular complexity index is 490. The highest BCUT2D eigenvalue weighted by atomic mass is 19.4. The number of aliphatic hydroxyl groups excluding tert-OH is 2. The summed E-state index contributed by atoms with van der Waals surface area (Å²) in [5.74, 6) is -2.06. The van der Waals surface area contributed by atoms with Crippen LogP contribution in [0.2, 0.25) is 0 Å². The summed E-state index contributed by atoms with van der Waals surface area (Å²) in [6, 6.07) is 2.47. The molecule has 0 aliphatic carbocycles. The Labute approximate surface area is 112 Å². The minimum atomic E-state index is -5.00. The Hall–Kier alpha value is -1.67. The topological polar surface area (TPSA) is 69.6 Å². The second kappa shape index (κ2) is 6.19. The molecule has 0 bridgehead atoms. The van der Waals surface area contributed by atoms with Gasteiger partial charge in [-0.05, 0) is 11.6 Å². The van der Waals surface area contributed by atoms with Crippen LogP contribution in [0.3, 0.4) is 0 Å². The van der Waals surface area contributed by atoms with E-state index in [1.807, 2.05) is 0 Å². The average Bonchev–Trinajstić information content (AvgIpc) is 2.33. The van der Waals surface area contributed by atoms with E-state index in [1.54, 1.807) is 0 Å². The molecule has 0 aliphatic rings. The van der Waals surface area contributed by atoms with E-state index in [1.165, 1.54) is 0 Å². The minimum Gasteiger partial charge on any atom is -0.388 e. The van der Waals surface area contributed by atoms with Crippen LogP contribution in [0.15, 0.2) is 18.2 Å². The molecule has 112 valence electrons. The van der Waals surface area contributed by atoms with Crippen LogP contribution in [0, 0.1) is 5.82 Å². The summed E-state index contributed by atoms with van der Waals surface area (Å²) in [7, 11) is 0. The Kier molecular flexibility index (Phi) is 5.07. The first-order valence-corrected chi connectivity index (χ1v) is 5.60. The number of nitrogens with one attached hydrogen (secondary N) is 1. The molecule has 0 saturated carbocycles. The highest BCUT2D eigenvalue weighted by Gasteiger charge is 2.39. The van der Waals surface area contributed by atoms with Crippen LogP contribution in [0.25, 0.3) is 0 Å². The second-order valence-corrected chi connectivity index (χ2v) is 4.15. The standard InChI is InChI=1S/C12H13F4NO3/c1-6(18)17-5-9(19)11(20)7-3-2-4-8(13)10(7)12(14,15)16/h2-4,9,11,19-20H,5H2,1H3,(H,17,18). The molecule has 1 rings (SSSR count). The summed E-state index contributed by atoms with van der Waals surface area (Å²) >= 11 is 0. The fraction of sp³-hybridized carbons (Fsp3) is 0.417. The molecule has 20 heavy (non-hydrogen) atoms. The summed E-state index contributed by atoms with van der Waals surface area (Å²) in [4.78, 5) is 10.6. The number of alkyl halides is 3. The number of aliphatic hydroxyl groups is 2. The molecule has 4 nitrogen and oxygen atoms in total. The maximum atomic E-state index is 13.3. The lowest BCUT2D eigenvalue weighted by molar-refractivity contribution is -0.142. The fourth-order valence-corrected chi connectivity index (χ4v) is 1.65. The lowest BCUT2D eigenvalue weighted by atomic mass is 9.97. The zero-order chi connectivity index (χ0) is 15.5. The van der Waals surface area contributed by atoms with Crippen molar-refractivity contribution in [1.82, 2.24) is 5.32 Å². The van der Waals surface area contributed by atoms with Gasteiger partial charge in [-0.2, -0.15) is 13.2 Å². The maximum Gasteiger partial charge on any atom is 0.419 e. The van der Waals surface area contributed by atoms with Gasteiger partial charge in [0.2, 0.25) is 5.91 Å². The van der Waals surface area contributed by atoms with Crippen molar-refractivity contribution in [3.8, 4) is 0 Å². The predicted molar refractivity (Wildman–Crippen MR) is 61.1 cm³/mol. The lowest BCUT2D eigenvalue weighted by Gasteiger charge is -2.22. The highest BCUT2D eigenvalue weighted by Crippen LogP contribution is 2.37. The highest BCUT2D eigenvalue weighted by molar-refractivity contribution is 5.72. The smallest absolute Gasteiger partial charge is 0.388 e. The van der Waals surface area contributed by atoms with E-state index >= 15 is 0 Å². The van der Waals surface area contributed by atoms with E-state index < -0.39 is 47.8 Å². The number of amides is 1. The third-order valence-electron chi connectivity index (χ3n) is 2.57. The molecule has 0 aliphatic heterocycles. The summed E-state index contributed by atoms with van der Waals surface area (Å²) in [6.45, 7) is 0.687. The molecule has 0 aromatic heterocycles. The van der Waals surface area contributed by atoms with E-state index in [2.05, 4.69) is 5.32 Å². The van der Waals surface area contributed by atoms with Crippen LogP contribution in [-0.4, -0.2) is 28.8 Å². The number of carbonyl (C=O) groups excluding carboxylic acids is 1. The molecule has 1 aromatic rings. The van der Waals surface area contributed by atoms with Crippen molar-refractivity contribution >= 4 is 5.91 Å². The van der Waals surface area contributed by atoms with E-state index in [0.29, 0.717) is 6.07 Å². The second-order valence-electron chi connectivity index (χ2n) is 4.15. The van der Waals surface area contributed by atoms with Crippen molar-refractivity contribution in [2.75, 3.05) is 6.54 Å². The molecule has 0 radical (unpaired) electrons. The van der Waals surface area contributed by atoms with Crippen molar-refractivity contribution in [3.05, 3.63) is 35.1 Å². The van der Waals surface area contributed by atoms with Crippen molar-refractivity contribution in [1.29, 1.82) is 0 Å². The number of hydrogen-bond donors (Lipinski definition) is 3. The van der Waals surface area contributed by atoms with E-state index in [0.717, 1.165) is 19.1 Å². The van der Waals surface area contributed by atoms with Gasteiger partial charge in [0.1, 0.15) is 18.0 Å². The first-order valence-electron chi connectivity index (χ1n) is 5.60. The Morgan fingerprint density at radius 1 is 1.35 bits per heavy atom. The van der Waals surface area contributed by atoms with Gasteiger partial charge in [0.05, 0.1) is 5.56 Å². The molecule has 0 spiro atoms. The molecule has 0 fully saturated rings. The van der Waals surface area contributed by atoms with Crippen molar-refractivity contribution < 1.29 is 32.6 Å². The summed E-state index contributed by atoms with van der Waals surface area (Å²) in [5.41, 5.74) is -2.41. The van der Waals surface area contributed by atoms with Gasteiger partial charge in [-0.3, -0.25) is 4.79 Å². The minimum absolute atomic E-state index is 0.454. The zero-order valence-corrected chi connectivity index (χ0v) is 10.4. The van der Waals surface area contributed by atoms with E-state index in [9.17, 15) is 32.6 Å². The monoisotopic (exact) mass is 295 g/mol. The first-order chi connectivity index (χ1) is 9.14. The molecule has 3 N–H and O–H groups in total. The summed E-state index contributed by atoms with van der Waals surface area (Å²) < 4.78 is 51.5. The van der Waals surface area contributed by atoms with Crippen LogP contribution < -0.4 is 5.32 Å². The van der Waals surface area contributed by atoms with Crippen LogP contribution in [0.1, 0.15) is 24.2 Å². The normalized spacial score (nSPS) is 14.8. The van der Waals surface area contributed by atoms with E-state index in [-0.39, 0.29) is 0 Å². The molecule has 8 heteroatoms. The predicted octanol–water partition coefficient (Wildman–Crippen LogP) is 1.37. The summed E-state index contributed by atoms with van der Waals surface area (Å²) in [5, 5.41) is 21.4. The number of benzene rings is 1. The molecule has 2 atom stereocenters. The molecule has 1 aromatic carbocycles. The van der Waals surface area contributed by atoms with Gasteiger partial charge >= 0.3 is 6.18 Å². The van der Waals surface area contributed by atoms with Gasteiger partial charge in [-0.25, -0.2) is 4.39 Å². The molecule has 0 saturated heterocycles. The van der Waals surface area contributed by atoms with Gasteiger partial charge in [-0.1, -0.05) is 12.1 Å². The van der Waals surface area contributed by atoms with Gasteiger partial charge in [0.15, 0.2) is 0 Å². The molecular weight excluding hydrogens is 282 g/mol. The van der Waals surface area contributed by atoms with Crippen LogP contribution in [0.5, 0.6) is 0 Å². The lowest BCUT2D eigenvalue weighted by Crippen LogP contribution is -2.35. The van der Waals surface area contributed by atoms with Crippen molar-refractivity contribution in [3.63, 3.8) is 0 Å². The first kappa shape index (κ1) is 16.4. The number of hydrogen-bond acceptors (Lipinski definition) is 3. The van der Waals surface area contributed by atoms with Gasteiger partial charge in [-0.15, -0.1) is 0 Å². The molecular formula is C12H13F4NO3. The van der Waals surface area contributed by atoms with Gasteiger partial charge < -0.3 is 15.5 Å². The van der Waals surface area contributed by atoms with Crippen molar-refractivity contribution in [2.24, 2.45) is 0 Å². The molecule has 0 heterocycles. The number of carbonyl (C=O) groups is 1. The van der Waals surface area contributed by atoms with Crippen molar-refractivity contribution in [2.45, 2.75) is 25.3 Å². The Balaban J connectivity index is 3.07. The SMILES string of the molecule is CC(=O)NCC(O)C(O)c1cccc(F)c1C(F)(F)F. The quantitative estimate of drug-likeness (QED) is 0.735. The third kappa shape index (κ3) is 3.91. The number of halogens is 4. The number of rotatable bonds is 4. The Morgan fingerprint density at radius 2 is 1.95 bits per heavy atom. The third-order valence-corrected chi connectivity index (χ3v) is 2.57. The van der Waals surface area contributed by atoms with Crippen LogP contribution in [-0.2, 0) is 11.0 Å². The fourth-order valence-electron chi connectivity index (χ4n) is 1.65. The van der Waals surface area contributed by atoms with E-state index in [4.69, 9.17) is 0 Å². The maximum absolute atomic E-state index is 13.3. The largest absolute Gasteiger partial charge is 0.419 e. The molecule has 1 amide bonds. The van der Waals surface area contributed by atoms with Crippen LogP contribution >= 0.6 is 0 Å². The van der Waals surface area contributed by atoms with Gasteiger partial charge in [0, 0.05) is 13.5 Å². The zero-order valence-electron chi connectivity index (χ0n) is 10.4. The Morgan fingerprint density at radius 3 is 2.45 bits per heavy atom. The average molecular weight is 295 g/mol. The molecule has 2 unspecified atom stereocenters.